The molecule has 3 N–H and O–H groups in total. The number of piperidine rings is 1. The molecule has 1 saturated heterocycles. The second kappa shape index (κ2) is 4.70. The van der Waals surface area contributed by atoms with E-state index >= 15 is 0 Å². The number of hydrogen-bond donors (Lipinski definition) is 2. The first kappa shape index (κ1) is 11.2. The summed E-state index contributed by atoms with van der Waals surface area (Å²) in [5.74, 6) is 1.30. The zero-order valence-electron chi connectivity index (χ0n) is 9.69. The van der Waals surface area contributed by atoms with Gasteiger partial charge in [-0.1, -0.05) is 0 Å². The lowest BCUT2D eigenvalue weighted by Crippen LogP contribution is -2.37. The smallest absolute Gasteiger partial charge is 0.130 e. The zero-order chi connectivity index (χ0) is 11.5. The molecular weight excluding hydrogens is 202 g/mol. The topological polar surface area (TPSA) is 62.4 Å². The third-order valence-corrected chi connectivity index (χ3v) is 3.23. The Morgan fingerprint density at radius 2 is 2.44 bits per heavy atom. The largest absolute Gasteiger partial charge is 0.398 e. The lowest BCUT2D eigenvalue weighted by atomic mass is 9.99. The van der Waals surface area contributed by atoms with Crippen LogP contribution in [-0.4, -0.2) is 29.8 Å². The highest BCUT2D eigenvalue weighted by molar-refractivity contribution is 5.54. The van der Waals surface area contributed by atoms with Crippen LogP contribution in [0.1, 0.15) is 18.4 Å². The van der Waals surface area contributed by atoms with Crippen molar-refractivity contribution in [3.05, 3.63) is 17.8 Å². The molecule has 0 bridgehead atoms. The van der Waals surface area contributed by atoms with Crippen LogP contribution in [0.3, 0.4) is 0 Å². The summed E-state index contributed by atoms with van der Waals surface area (Å²) in [6.07, 6.45) is 4.03. The Morgan fingerprint density at radius 1 is 1.62 bits per heavy atom. The Balaban J connectivity index is 2.13. The minimum Gasteiger partial charge on any atom is -0.398 e. The minimum atomic E-state index is 0.262. The van der Waals surface area contributed by atoms with Gasteiger partial charge in [-0.05, 0) is 31.2 Å². The van der Waals surface area contributed by atoms with Gasteiger partial charge in [-0.3, -0.25) is 0 Å². The Bertz CT molecular complexity index is 367. The van der Waals surface area contributed by atoms with E-state index in [-0.39, 0.29) is 6.61 Å². The molecule has 0 radical (unpaired) electrons. The van der Waals surface area contributed by atoms with Crippen molar-refractivity contribution in [3.63, 3.8) is 0 Å². The zero-order valence-corrected chi connectivity index (χ0v) is 9.69. The summed E-state index contributed by atoms with van der Waals surface area (Å²) in [5.41, 5.74) is 7.68. The van der Waals surface area contributed by atoms with Crippen LogP contribution in [0, 0.1) is 12.8 Å². The fourth-order valence-corrected chi connectivity index (χ4v) is 2.12. The van der Waals surface area contributed by atoms with Gasteiger partial charge >= 0.3 is 0 Å². The summed E-state index contributed by atoms with van der Waals surface area (Å²) in [4.78, 5) is 6.60. The van der Waals surface area contributed by atoms with Crippen LogP contribution in [0.4, 0.5) is 11.5 Å². The number of anilines is 2. The summed E-state index contributed by atoms with van der Waals surface area (Å²) < 4.78 is 0. The van der Waals surface area contributed by atoms with Crippen molar-refractivity contribution < 1.29 is 5.11 Å². The molecule has 4 heteroatoms. The van der Waals surface area contributed by atoms with Crippen molar-refractivity contribution in [1.82, 2.24) is 4.98 Å². The summed E-state index contributed by atoms with van der Waals surface area (Å²) in [6, 6.07) is 1.93. The van der Waals surface area contributed by atoms with Crippen LogP contribution in [0.15, 0.2) is 12.3 Å². The number of aromatic nitrogens is 1. The first-order valence-corrected chi connectivity index (χ1v) is 5.78. The fourth-order valence-electron chi connectivity index (χ4n) is 2.12. The number of hydrogen-bond acceptors (Lipinski definition) is 4. The van der Waals surface area contributed by atoms with Crippen molar-refractivity contribution in [3.8, 4) is 0 Å². The summed E-state index contributed by atoms with van der Waals surface area (Å²) in [6.45, 7) is 4.11. The molecular formula is C12H19N3O. The van der Waals surface area contributed by atoms with E-state index in [0.29, 0.717) is 5.92 Å². The van der Waals surface area contributed by atoms with Gasteiger partial charge < -0.3 is 15.7 Å². The van der Waals surface area contributed by atoms with E-state index in [1.165, 1.54) is 0 Å². The number of nitrogen functional groups attached to an aromatic ring is 1. The Hall–Kier alpha value is -1.29. The molecule has 0 aromatic carbocycles. The molecule has 1 aromatic heterocycles. The van der Waals surface area contributed by atoms with Crippen molar-refractivity contribution in [1.29, 1.82) is 0 Å². The maximum atomic E-state index is 9.18. The van der Waals surface area contributed by atoms with E-state index < -0.39 is 0 Å². The second-order valence-corrected chi connectivity index (χ2v) is 4.54. The van der Waals surface area contributed by atoms with Crippen LogP contribution < -0.4 is 10.6 Å². The van der Waals surface area contributed by atoms with Crippen LogP contribution in [-0.2, 0) is 0 Å². The van der Waals surface area contributed by atoms with E-state index in [9.17, 15) is 5.11 Å². The van der Waals surface area contributed by atoms with Gasteiger partial charge in [0, 0.05) is 37.6 Å². The lowest BCUT2D eigenvalue weighted by Gasteiger charge is -2.32. The van der Waals surface area contributed by atoms with Crippen LogP contribution in [0.2, 0.25) is 0 Å². The van der Waals surface area contributed by atoms with Crippen molar-refractivity contribution in [2.24, 2.45) is 5.92 Å². The highest BCUT2D eigenvalue weighted by atomic mass is 16.3. The highest BCUT2D eigenvalue weighted by Gasteiger charge is 2.20. The molecule has 2 heterocycles. The Morgan fingerprint density at radius 3 is 3.12 bits per heavy atom. The van der Waals surface area contributed by atoms with Gasteiger partial charge in [-0.25, -0.2) is 4.98 Å². The number of aryl methyl sites for hydroxylation is 1. The molecule has 0 saturated carbocycles. The Labute approximate surface area is 96.1 Å². The van der Waals surface area contributed by atoms with E-state index in [2.05, 4.69) is 9.88 Å². The Kier molecular flexibility index (Phi) is 3.29. The molecule has 1 aliphatic heterocycles. The predicted molar refractivity (Wildman–Crippen MR) is 65.4 cm³/mol. The monoisotopic (exact) mass is 221 g/mol. The van der Waals surface area contributed by atoms with Gasteiger partial charge in [-0.2, -0.15) is 0 Å². The molecule has 16 heavy (non-hydrogen) atoms. The first-order chi connectivity index (χ1) is 7.70. The van der Waals surface area contributed by atoms with Gasteiger partial charge in [0.05, 0.1) is 0 Å². The van der Waals surface area contributed by atoms with Gasteiger partial charge in [0.15, 0.2) is 0 Å². The van der Waals surface area contributed by atoms with Crippen molar-refractivity contribution >= 4 is 11.5 Å². The molecule has 1 atom stereocenters. The summed E-state index contributed by atoms with van der Waals surface area (Å²) >= 11 is 0. The molecule has 0 spiro atoms. The summed E-state index contributed by atoms with van der Waals surface area (Å²) in [7, 11) is 0. The lowest BCUT2D eigenvalue weighted by molar-refractivity contribution is 0.208. The fraction of sp³-hybridized carbons (Fsp3) is 0.583. The normalized spacial score (nSPS) is 21.1. The van der Waals surface area contributed by atoms with Crippen molar-refractivity contribution in [2.45, 2.75) is 19.8 Å². The number of nitrogens with two attached hydrogens (primary N) is 1. The summed E-state index contributed by atoms with van der Waals surface area (Å²) in [5, 5.41) is 9.18. The van der Waals surface area contributed by atoms with Crippen LogP contribution >= 0.6 is 0 Å². The number of aliphatic hydroxyl groups is 1. The third kappa shape index (κ3) is 2.27. The number of pyridine rings is 1. The number of nitrogens with zero attached hydrogens (tertiary/aromatic N) is 2. The van der Waals surface area contributed by atoms with Crippen LogP contribution in [0.25, 0.3) is 0 Å². The molecule has 1 aromatic rings. The molecule has 88 valence electrons. The minimum absolute atomic E-state index is 0.262. The second-order valence-electron chi connectivity index (χ2n) is 4.54. The molecule has 4 nitrogen and oxygen atoms in total. The molecule has 1 fully saturated rings. The molecule has 0 aliphatic carbocycles. The standard InChI is InChI=1S/C12H19N3O/c1-9-6-14-12(5-11(9)13)15-4-2-3-10(7-15)8-16/h5-6,10,16H,2-4,7-8H2,1H3,(H2,13,14). The SMILES string of the molecule is Cc1cnc(N2CCCC(CO)C2)cc1N. The molecule has 0 amide bonds. The third-order valence-electron chi connectivity index (χ3n) is 3.23. The van der Waals surface area contributed by atoms with Crippen LogP contribution in [0.5, 0.6) is 0 Å². The first-order valence-electron chi connectivity index (χ1n) is 5.78. The molecule has 1 unspecified atom stereocenters. The van der Waals surface area contributed by atoms with Gasteiger partial charge in [0.1, 0.15) is 5.82 Å². The predicted octanol–water partition coefficient (Wildman–Crippen LogP) is 1.18. The van der Waals surface area contributed by atoms with Gasteiger partial charge in [-0.15, -0.1) is 0 Å². The number of rotatable bonds is 2. The molecule has 2 rings (SSSR count). The maximum absolute atomic E-state index is 9.18. The van der Waals surface area contributed by atoms with Crippen molar-refractivity contribution in [2.75, 3.05) is 30.3 Å². The van der Waals surface area contributed by atoms with E-state index in [4.69, 9.17) is 5.73 Å². The van der Waals surface area contributed by atoms with E-state index in [0.717, 1.165) is 43.0 Å². The number of aliphatic hydroxyl groups excluding tert-OH is 1. The average molecular weight is 221 g/mol. The highest BCUT2D eigenvalue weighted by Crippen LogP contribution is 2.23. The van der Waals surface area contributed by atoms with Gasteiger partial charge in [0.2, 0.25) is 0 Å². The van der Waals surface area contributed by atoms with E-state index in [1.807, 2.05) is 19.2 Å². The average Bonchev–Trinajstić information content (AvgIpc) is 2.33. The quantitative estimate of drug-likeness (QED) is 0.787. The van der Waals surface area contributed by atoms with E-state index in [1.54, 1.807) is 0 Å². The molecule has 1 aliphatic rings. The maximum Gasteiger partial charge on any atom is 0.130 e. The van der Waals surface area contributed by atoms with Gasteiger partial charge in [0.25, 0.3) is 0 Å².